The molecule has 0 rings (SSSR count). The minimum absolute atomic E-state index is 0.283. The Labute approximate surface area is 128 Å². The molecule has 1 unspecified atom stereocenters. The smallest absolute Gasteiger partial charge is 0.292 e. The van der Waals surface area contributed by atoms with Gasteiger partial charge >= 0.3 is 8.25 Å². The van der Waals surface area contributed by atoms with E-state index in [4.69, 9.17) is 4.89 Å². The van der Waals surface area contributed by atoms with E-state index in [1.54, 1.807) is 0 Å². The van der Waals surface area contributed by atoms with Gasteiger partial charge in [-0.15, -0.1) is 9.42 Å². The predicted molar refractivity (Wildman–Crippen MR) is 86.2 cm³/mol. The van der Waals surface area contributed by atoms with Crippen molar-refractivity contribution in [1.29, 1.82) is 0 Å². The van der Waals surface area contributed by atoms with Crippen LogP contribution in [-0.4, -0.2) is 17.3 Å². The fraction of sp³-hybridized carbons (Fsp3) is 0.562. The first kappa shape index (κ1) is 19.9. The summed E-state index contributed by atoms with van der Waals surface area (Å²) in [6.07, 6.45) is 9.72. The van der Waals surface area contributed by atoms with Crippen LogP contribution >= 0.6 is 8.25 Å². The Balaban J connectivity index is 4.06. The molecule has 0 aliphatic heterocycles. The number of allylic oxidation sites excluding steroid dienone is 5. The van der Waals surface area contributed by atoms with Crippen molar-refractivity contribution in [3.63, 3.8) is 0 Å². The van der Waals surface area contributed by atoms with E-state index in [0.717, 1.165) is 31.3 Å². The molecule has 0 saturated carbocycles. The van der Waals surface area contributed by atoms with Gasteiger partial charge in [0.15, 0.2) is 12.4 Å². The number of hydrogen-bond acceptors (Lipinski definition) is 3. The Morgan fingerprint density at radius 1 is 1.05 bits per heavy atom. The molecule has 0 spiro atoms. The van der Waals surface area contributed by atoms with Crippen LogP contribution in [0.3, 0.4) is 0 Å². The van der Waals surface area contributed by atoms with Gasteiger partial charge in [-0.2, -0.15) is 0 Å². The lowest BCUT2D eigenvalue weighted by Crippen LogP contribution is -2.02. The molecule has 1 N–H and O–H groups in total. The van der Waals surface area contributed by atoms with Crippen molar-refractivity contribution in [2.75, 3.05) is 6.61 Å². The fourth-order valence-electron chi connectivity index (χ4n) is 1.74. The van der Waals surface area contributed by atoms with Crippen molar-refractivity contribution >= 4 is 14.0 Å². The molecule has 0 heterocycles. The molecular formula is C16H26O4P+. The summed E-state index contributed by atoms with van der Waals surface area (Å²) in [7, 11) is -2.70. The van der Waals surface area contributed by atoms with Gasteiger partial charge in [0, 0.05) is 4.57 Å². The Kier molecular flexibility index (Phi) is 11.0. The summed E-state index contributed by atoms with van der Waals surface area (Å²) in [5.41, 5.74) is 3.64. The summed E-state index contributed by atoms with van der Waals surface area (Å²) in [5, 5.41) is 0. The van der Waals surface area contributed by atoms with Crippen molar-refractivity contribution in [3.8, 4) is 0 Å². The Bertz CT molecular complexity index is 443. The van der Waals surface area contributed by atoms with E-state index >= 15 is 0 Å². The molecule has 0 saturated heterocycles. The fourth-order valence-corrected chi connectivity index (χ4v) is 1.98. The Morgan fingerprint density at radius 3 is 2.19 bits per heavy atom. The van der Waals surface area contributed by atoms with E-state index in [1.165, 1.54) is 17.2 Å². The highest BCUT2D eigenvalue weighted by Crippen LogP contribution is 2.14. The molecule has 0 radical (unpaired) electrons. The lowest BCUT2D eigenvalue weighted by Gasteiger charge is -2.01. The molecule has 0 aromatic carbocycles. The molecule has 0 aliphatic carbocycles. The second-order valence-electron chi connectivity index (χ2n) is 5.38. The predicted octanol–water partition coefficient (Wildman–Crippen LogP) is 4.64. The largest absolute Gasteiger partial charge is 0.695 e. The van der Waals surface area contributed by atoms with E-state index in [2.05, 4.69) is 37.4 Å². The highest BCUT2D eigenvalue weighted by atomic mass is 31.1. The van der Waals surface area contributed by atoms with Gasteiger partial charge in [0.25, 0.3) is 0 Å². The van der Waals surface area contributed by atoms with Crippen molar-refractivity contribution in [2.45, 2.75) is 53.4 Å². The summed E-state index contributed by atoms with van der Waals surface area (Å²) in [6, 6.07) is 0. The third-order valence-corrected chi connectivity index (χ3v) is 3.20. The quantitative estimate of drug-likeness (QED) is 0.362. The average molecular weight is 313 g/mol. The van der Waals surface area contributed by atoms with E-state index < -0.39 is 8.25 Å². The van der Waals surface area contributed by atoms with Crippen molar-refractivity contribution in [3.05, 3.63) is 34.9 Å². The second kappa shape index (κ2) is 11.6. The summed E-state index contributed by atoms with van der Waals surface area (Å²) >= 11 is 0. The molecule has 5 heteroatoms. The van der Waals surface area contributed by atoms with Gasteiger partial charge in [-0.1, -0.05) is 28.9 Å². The topological polar surface area (TPSA) is 63.6 Å². The Morgan fingerprint density at radius 2 is 1.62 bits per heavy atom. The maximum atomic E-state index is 11.4. The molecule has 0 aliphatic rings. The zero-order chi connectivity index (χ0) is 16.3. The number of carbonyl (C=O) groups is 1. The molecule has 0 amide bonds. The molecule has 0 aromatic rings. The summed E-state index contributed by atoms with van der Waals surface area (Å²) in [4.78, 5) is 19.8. The first-order chi connectivity index (χ1) is 9.81. The molecule has 4 nitrogen and oxygen atoms in total. The van der Waals surface area contributed by atoms with Crippen LogP contribution in [0.2, 0.25) is 0 Å². The van der Waals surface area contributed by atoms with Gasteiger partial charge in [-0.05, 0) is 59.5 Å². The van der Waals surface area contributed by atoms with Crippen molar-refractivity contribution in [2.24, 2.45) is 0 Å². The van der Waals surface area contributed by atoms with Crippen molar-refractivity contribution < 1.29 is 18.8 Å². The highest BCUT2D eigenvalue weighted by molar-refractivity contribution is 7.32. The second-order valence-corrected chi connectivity index (χ2v) is 6.11. The molecular weight excluding hydrogens is 287 g/mol. The van der Waals surface area contributed by atoms with E-state index in [-0.39, 0.29) is 12.4 Å². The minimum Gasteiger partial charge on any atom is -0.292 e. The van der Waals surface area contributed by atoms with Crippen LogP contribution in [0, 0.1) is 0 Å². The standard InChI is InChI=1S/C16H25O4P/c1-13(2)7-5-8-14(3)9-6-10-15(4)11-16(17)12-20-21(18)19/h7,9,11H,5-6,8,10,12H2,1-4H3/p+1. The van der Waals surface area contributed by atoms with Crippen LogP contribution in [0.5, 0.6) is 0 Å². The summed E-state index contributed by atoms with van der Waals surface area (Å²) in [5.74, 6) is -0.283. The van der Waals surface area contributed by atoms with Gasteiger partial charge in [0.1, 0.15) is 0 Å². The summed E-state index contributed by atoms with van der Waals surface area (Å²) in [6.45, 7) is 7.85. The van der Waals surface area contributed by atoms with Gasteiger partial charge in [-0.3, -0.25) is 4.79 Å². The molecule has 21 heavy (non-hydrogen) atoms. The highest BCUT2D eigenvalue weighted by Gasteiger charge is 2.14. The van der Waals surface area contributed by atoms with Crippen molar-refractivity contribution in [1.82, 2.24) is 0 Å². The zero-order valence-electron chi connectivity index (χ0n) is 13.4. The van der Waals surface area contributed by atoms with Gasteiger partial charge < -0.3 is 0 Å². The lowest BCUT2D eigenvalue weighted by atomic mass is 10.1. The van der Waals surface area contributed by atoms with Crippen LogP contribution in [0.1, 0.15) is 53.4 Å². The third kappa shape index (κ3) is 13.6. The van der Waals surface area contributed by atoms with Gasteiger partial charge in [-0.25, -0.2) is 0 Å². The van der Waals surface area contributed by atoms with Gasteiger partial charge in [0.2, 0.25) is 0 Å². The van der Waals surface area contributed by atoms with Gasteiger partial charge in [0.05, 0.1) is 0 Å². The molecule has 0 fully saturated rings. The number of hydrogen-bond donors (Lipinski definition) is 1. The Hall–Kier alpha value is -1.09. The molecule has 118 valence electrons. The summed E-state index contributed by atoms with van der Waals surface area (Å²) < 4.78 is 14.7. The first-order valence-electron chi connectivity index (χ1n) is 7.09. The van der Waals surface area contributed by atoms with Crippen LogP contribution in [0.15, 0.2) is 34.9 Å². The van der Waals surface area contributed by atoms with E-state index in [1.807, 2.05) is 6.92 Å². The number of rotatable bonds is 10. The van der Waals surface area contributed by atoms with E-state index in [9.17, 15) is 9.36 Å². The van der Waals surface area contributed by atoms with Crippen LogP contribution in [-0.2, 0) is 13.9 Å². The number of carbonyl (C=O) groups excluding carboxylic acids is 1. The SMILES string of the molecule is CC(C)=CCCC(C)=CCCC(C)=CC(=O)CO[P+](=O)O. The lowest BCUT2D eigenvalue weighted by molar-refractivity contribution is -0.116. The monoisotopic (exact) mass is 313 g/mol. The van der Waals surface area contributed by atoms with Crippen LogP contribution in [0.25, 0.3) is 0 Å². The molecule has 0 bridgehead atoms. The zero-order valence-corrected chi connectivity index (χ0v) is 14.3. The average Bonchev–Trinajstić information content (AvgIpc) is 2.35. The number of ketones is 1. The van der Waals surface area contributed by atoms with Crippen LogP contribution < -0.4 is 0 Å². The maximum absolute atomic E-state index is 11.4. The molecule has 1 atom stereocenters. The van der Waals surface area contributed by atoms with Crippen LogP contribution in [0.4, 0.5) is 0 Å². The molecule has 0 aromatic heterocycles. The maximum Gasteiger partial charge on any atom is 0.695 e. The minimum atomic E-state index is -2.70. The normalized spacial score (nSPS) is 13.1. The van der Waals surface area contributed by atoms with E-state index in [0.29, 0.717) is 0 Å². The third-order valence-electron chi connectivity index (χ3n) is 2.85. The first-order valence-corrected chi connectivity index (χ1v) is 8.22.